The van der Waals surface area contributed by atoms with E-state index in [0.717, 1.165) is 10.9 Å². The molecule has 1 aromatic heterocycles. The number of hydrogen-bond donors (Lipinski definition) is 2. The summed E-state index contributed by atoms with van der Waals surface area (Å²) in [6, 6.07) is 5.34. The van der Waals surface area contributed by atoms with Gasteiger partial charge in [0.2, 0.25) is 5.96 Å². The number of rotatable bonds is 2. The van der Waals surface area contributed by atoms with E-state index in [0.29, 0.717) is 5.52 Å². The maximum Gasteiger partial charge on any atom is 0.435 e. The van der Waals surface area contributed by atoms with Gasteiger partial charge in [-0.2, -0.15) is 14.9 Å². The van der Waals surface area contributed by atoms with Crippen LogP contribution in [0.2, 0.25) is 0 Å². The fourth-order valence-corrected chi connectivity index (χ4v) is 1.74. The summed E-state index contributed by atoms with van der Waals surface area (Å²) in [5.74, 6) is -0.116. The Labute approximate surface area is 127 Å². The minimum absolute atomic E-state index is 0.116. The first-order valence-electron chi connectivity index (χ1n) is 6.59. The van der Waals surface area contributed by atoms with Crippen LogP contribution in [0.4, 0.5) is 4.79 Å². The van der Waals surface area contributed by atoms with E-state index < -0.39 is 11.7 Å². The zero-order chi connectivity index (χ0) is 16.3. The second-order valence-corrected chi connectivity index (χ2v) is 5.62. The maximum atomic E-state index is 12.1. The van der Waals surface area contributed by atoms with Gasteiger partial charge >= 0.3 is 6.09 Å². The summed E-state index contributed by atoms with van der Waals surface area (Å²) in [5, 5.41) is 12.1. The Kier molecular flexibility index (Phi) is 4.11. The van der Waals surface area contributed by atoms with Crippen LogP contribution in [0.5, 0.6) is 0 Å². The smallest absolute Gasteiger partial charge is 0.435 e. The quantitative estimate of drug-likeness (QED) is 0.494. The predicted molar refractivity (Wildman–Crippen MR) is 84.8 cm³/mol. The molecule has 0 fully saturated rings. The number of ether oxygens (including phenoxy) is 1. The van der Waals surface area contributed by atoms with Crippen molar-refractivity contribution in [1.29, 1.82) is 0 Å². The number of fused-ring (bicyclic) bond motifs is 1. The van der Waals surface area contributed by atoms with E-state index in [1.165, 1.54) is 10.9 Å². The van der Waals surface area contributed by atoms with Gasteiger partial charge in [-0.25, -0.2) is 4.79 Å². The van der Waals surface area contributed by atoms with Crippen LogP contribution >= 0.6 is 0 Å². The number of hydrogen-bond acceptors (Lipinski definition) is 5. The molecule has 1 aromatic carbocycles. The van der Waals surface area contributed by atoms with Crippen LogP contribution in [0.3, 0.4) is 0 Å². The molecule has 8 nitrogen and oxygen atoms in total. The molecule has 0 aliphatic carbocycles. The molecule has 116 valence electrons. The highest BCUT2D eigenvalue weighted by atomic mass is 16.6. The third kappa shape index (κ3) is 3.81. The molecule has 0 radical (unpaired) electrons. The third-order valence-corrected chi connectivity index (χ3v) is 2.54. The first kappa shape index (κ1) is 15.5. The van der Waals surface area contributed by atoms with Crippen molar-refractivity contribution in [3.8, 4) is 0 Å². The molecular formula is C14H18N6O2. The van der Waals surface area contributed by atoms with Crippen molar-refractivity contribution >= 4 is 29.2 Å². The average Bonchev–Trinajstić information content (AvgIpc) is 2.79. The summed E-state index contributed by atoms with van der Waals surface area (Å²) in [4.78, 5) is 12.1. The lowest BCUT2D eigenvalue weighted by atomic mass is 10.2. The number of aromatic nitrogens is 2. The molecule has 0 aliphatic rings. The SMILES string of the molecule is CC(C)(C)OC(=O)n1ncc2cc(C=NN=C(N)N)ccc21. The fraction of sp³-hybridized carbons (Fsp3) is 0.286. The highest BCUT2D eigenvalue weighted by Gasteiger charge is 2.19. The third-order valence-electron chi connectivity index (χ3n) is 2.54. The highest BCUT2D eigenvalue weighted by Crippen LogP contribution is 2.17. The molecule has 0 aliphatic heterocycles. The van der Waals surface area contributed by atoms with E-state index in [1.807, 2.05) is 6.07 Å². The average molecular weight is 302 g/mol. The van der Waals surface area contributed by atoms with Gasteiger partial charge in [-0.05, 0) is 38.5 Å². The molecule has 0 saturated carbocycles. The number of carbonyl (C=O) groups excluding carboxylic acids is 1. The van der Waals surface area contributed by atoms with Crippen molar-refractivity contribution in [2.45, 2.75) is 26.4 Å². The minimum atomic E-state index is -0.581. The van der Waals surface area contributed by atoms with Crippen LogP contribution in [0.15, 0.2) is 34.6 Å². The monoisotopic (exact) mass is 302 g/mol. The Morgan fingerprint density at radius 3 is 2.73 bits per heavy atom. The van der Waals surface area contributed by atoms with Crippen LogP contribution in [-0.2, 0) is 4.74 Å². The molecule has 2 aromatic rings. The molecule has 4 N–H and O–H groups in total. The van der Waals surface area contributed by atoms with Gasteiger partial charge < -0.3 is 16.2 Å². The molecule has 0 amide bonds. The Balaban J connectivity index is 2.29. The molecule has 0 unspecified atom stereocenters. The number of benzene rings is 1. The summed E-state index contributed by atoms with van der Waals surface area (Å²) in [6.07, 6.45) is 2.56. The minimum Gasteiger partial charge on any atom is -0.442 e. The highest BCUT2D eigenvalue weighted by molar-refractivity contribution is 5.92. The van der Waals surface area contributed by atoms with Crippen molar-refractivity contribution in [3.05, 3.63) is 30.0 Å². The Morgan fingerprint density at radius 2 is 2.09 bits per heavy atom. The molecule has 2 rings (SSSR count). The van der Waals surface area contributed by atoms with Gasteiger partial charge in [0, 0.05) is 5.39 Å². The van der Waals surface area contributed by atoms with Crippen molar-refractivity contribution in [1.82, 2.24) is 9.78 Å². The first-order valence-corrected chi connectivity index (χ1v) is 6.59. The van der Waals surface area contributed by atoms with E-state index in [2.05, 4.69) is 15.3 Å². The van der Waals surface area contributed by atoms with Crippen LogP contribution in [0.1, 0.15) is 26.3 Å². The molecule has 0 saturated heterocycles. The Morgan fingerprint density at radius 1 is 1.36 bits per heavy atom. The second kappa shape index (κ2) is 5.84. The number of guanidine groups is 1. The summed E-state index contributed by atoms with van der Waals surface area (Å²) in [5.41, 5.74) is 11.2. The van der Waals surface area contributed by atoms with Gasteiger partial charge in [-0.15, -0.1) is 5.10 Å². The largest absolute Gasteiger partial charge is 0.442 e. The predicted octanol–water partition coefficient (Wildman–Crippen LogP) is 1.43. The van der Waals surface area contributed by atoms with E-state index in [9.17, 15) is 4.79 Å². The lowest BCUT2D eigenvalue weighted by Crippen LogP contribution is -2.27. The van der Waals surface area contributed by atoms with Gasteiger partial charge in [0.1, 0.15) is 5.60 Å². The topological polar surface area (TPSA) is 121 Å². The number of nitrogens with zero attached hydrogens (tertiary/aromatic N) is 4. The van der Waals surface area contributed by atoms with Crippen molar-refractivity contribution in [2.75, 3.05) is 0 Å². The van der Waals surface area contributed by atoms with Crippen LogP contribution in [-0.4, -0.2) is 33.6 Å². The van der Waals surface area contributed by atoms with Gasteiger partial charge in [0.15, 0.2) is 0 Å². The zero-order valence-electron chi connectivity index (χ0n) is 12.6. The lowest BCUT2D eigenvalue weighted by molar-refractivity contribution is 0.0523. The van der Waals surface area contributed by atoms with Gasteiger partial charge in [-0.3, -0.25) is 0 Å². The summed E-state index contributed by atoms with van der Waals surface area (Å²) in [6.45, 7) is 5.40. The number of nitrogens with two attached hydrogens (primary N) is 2. The van der Waals surface area contributed by atoms with E-state index in [-0.39, 0.29) is 5.96 Å². The van der Waals surface area contributed by atoms with Gasteiger partial charge in [0.05, 0.1) is 17.9 Å². The van der Waals surface area contributed by atoms with Gasteiger partial charge in [-0.1, -0.05) is 6.07 Å². The lowest BCUT2D eigenvalue weighted by Gasteiger charge is -2.19. The van der Waals surface area contributed by atoms with Crippen LogP contribution < -0.4 is 11.5 Å². The van der Waals surface area contributed by atoms with Crippen LogP contribution in [0.25, 0.3) is 10.9 Å². The van der Waals surface area contributed by atoms with E-state index in [1.54, 1.807) is 39.1 Å². The molecule has 0 spiro atoms. The maximum absolute atomic E-state index is 12.1. The molecule has 22 heavy (non-hydrogen) atoms. The number of carbonyl (C=O) groups is 1. The van der Waals surface area contributed by atoms with Crippen LogP contribution in [0, 0.1) is 0 Å². The first-order chi connectivity index (χ1) is 10.3. The van der Waals surface area contributed by atoms with E-state index >= 15 is 0 Å². The molecule has 0 bridgehead atoms. The molecule has 8 heteroatoms. The summed E-state index contributed by atoms with van der Waals surface area (Å²) in [7, 11) is 0. The second-order valence-electron chi connectivity index (χ2n) is 5.62. The normalized spacial score (nSPS) is 11.8. The van der Waals surface area contributed by atoms with Crippen molar-refractivity contribution in [3.63, 3.8) is 0 Å². The molecule has 0 atom stereocenters. The summed E-state index contributed by atoms with van der Waals surface area (Å²) >= 11 is 0. The zero-order valence-corrected chi connectivity index (χ0v) is 12.6. The van der Waals surface area contributed by atoms with Crippen molar-refractivity contribution < 1.29 is 9.53 Å². The van der Waals surface area contributed by atoms with Crippen molar-refractivity contribution in [2.24, 2.45) is 21.7 Å². The van der Waals surface area contributed by atoms with E-state index in [4.69, 9.17) is 16.2 Å². The molecular weight excluding hydrogens is 284 g/mol. The standard InChI is InChI=1S/C14H18N6O2/c1-14(2,3)22-13(21)20-11-5-4-9(6-10(11)8-18-20)7-17-19-12(15)16/h4-8H,1-3H3,(H4,15,16,19). The summed E-state index contributed by atoms with van der Waals surface area (Å²) < 4.78 is 6.52. The Bertz CT molecular complexity index is 750. The molecule has 1 heterocycles. The Hall–Kier alpha value is -2.90. The fourth-order valence-electron chi connectivity index (χ4n) is 1.74. The van der Waals surface area contributed by atoms with Gasteiger partial charge in [0.25, 0.3) is 0 Å².